The van der Waals surface area contributed by atoms with E-state index in [9.17, 15) is 22.8 Å². The third-order valence-electron chi connectivity index (χ3n) is 4.93. The van der Waals surface area contributed by atoms with Gasteiger partial charge in [-0.2, -0.15) is 0 Å². The summed E-state index contributed by atoms with van der Waals surface area (Å²) in [6.45, 7) is 2.63. The van der Waals surface area contributed by atoms with Gasteiger partial charge >= 0.3 is 0 Å². The average molecular weight is 452 g/mol. The van der Waals surface area contributed by atoms with Crippen LogP contribution >= 0.6 is 0 Å². The first-order chi connectivity index (χ1) is 15.3. The van der Waals surface area contributed by atoms with Gasteiger partial charge in [0.2, 0.25) is 0 Å². The summed E-state index contributed by atoms with van der Waals surface area (Å²) >= 11 is 0. The smallest absolute Gasteiger partial charge is 0.290 e. The van der Waals surface area contributed by atoms with Crippen molar-refractivity contribution in [1.29, 1.82) is 0 Å². The average Bonchev–Trinajstić information content (AvgIpc) is 3.11. The van der Waals surface area contributed by atoms with Crippen molar-refractivity contribution >= 4 is 18.7 Å². The molecule has 1 fully saturated rings. The molecule has 0 spiro atoms. The molecule has 1 aliphatic heterocycles. The first kappa shape index (κ1) is 26.8. The number of hydrogen-bond donors (Lipinski definition) is 2. The topological polar surface area (TPSA) is 86.7 Å². The maximum Gasteiger partial charge on any atom is 0.290 e. The van der Waals surface area contributed by atoms with Crippen LogP contribution in [-0.2, 0) is 9.59 Å². The Morgan fingerprint density at radius 2 is 1.81 bits per heavy atom. The molecule has 2 unspecified atom stereocenters. The molecule has 2 aromatic rings. The molecule has 1 amide bonds. The standard InChI is InChI=1S/C15H11F2NO2.C7H14FN.CH2O2/c16-12-5-6-13(14(17)9-12)10-1-3-11(4-2-10)15(20)18-7-8-19;1-6-3-7(4-8)5-9(6)2;2-1-3/h1-6,8-9H,7H2,(H,18,20);6-7H,3-5H2,1-2H3;1H,(H,2,3). The quantitative estimate of drug-likeness (QED) is 0.678. The number of amides is 1. The van der Waals surface area contributed by atoms with Crippen molar-refractivity contribution in [2.75, 3.05) is 26.8 Å². The van der Waals surface area contributed by atoms with E-state index in [-0.39, 0.29) is 31.2 Å². The summed E-state index contributed by atoms with van der Waals surface area (Å²) in [5.74, 6) is -1.38. The lowest BCUT2D eigenvalue weighted by atomic mass is 10.0. The Hall–Kier alpha value is -3.20. The number of nitrogens with zero attached hydrogens (tertiary/aromatic N) is 1. The van der Waals surface area contributed by atoms with Crippen LogP contribution in [0, 0.1) is 17.6 Å². The highest BCUT2D eigenvalue weighted by atomic mass is 19.1. The third kappa shape index (κ3) is 8.50. The number of aldehydes is 1. The predicted octanol–water partition coefficient (Wildman–Crippen LogP) is 3.56. The van der Waals surface area contributed by atoms with E-state index in [1.807, 2.05) is 0 Å². The lowest BCUT2D eigenvalue weighted by Gasteiger charge is -2.12. The Balaban J connectivity index is 0.000000354. The zero-order valence-electron chi connectivity index (χ0n) is 17.9. The van der Waals surface area contributed by atoms with E-state index in [1.54, 1.807) is 12.1 Å². The van der Waals surface area contributed by atoms with Gasteiger partial charge in [-0.1, -0.05) is 12.1 Å². The lowest BCUT2D eigenvalue weighted by Crippen LogP contribution is -2.24. The van der Waals surface area contributed by atoms with Crippen molar-refractivity contribution in [3.8, 4) is 11.1 Å². The highest BCUT2D eigenvalue weighted by Gasteiger charge is 2.25. The molecule has 2 aromatic carbocycles. The van der Waals surface area contributed by atoms with E-state index < -0.39 is 11.6 Å². The van der Waals surface area contributed by atoms with Gasteiger partial charge in [0.1, 0.15) is 17.9 Å². The van der Waals surface area contributed by atoms with Crippen LogP contribution in [0.5, 0.6) is 0 Å². The number of halogens is 3. The minimum Gasteiger partial charge on any atom is -0.483 e. The molecular formula is C23H27F3N2O4. The molecule has 0 radical (unpaired) electrons. The summed E-state index contributed by atoms with van der Waals surface area (Å²) in [6, 6.07) is 10.1. The fourth-order valence-electron chi connectivity index (χ4n) is 3.20. The molecule has 0 aliphatic carbocycles. The maximum absolute atomic E-state index is 13.6. The Bertz CT molecular complexity index is 868. The van der Waals surface area contributed by atoms with Gasteiger partial charge in [0, 0.05) is 35.7 Å². The van der Waals surface area contributed by atoms with Gasteiger partial charge in [-0.25, -0.2) is 8.78 Å². The number of carbonyl (C=O) groups excluding carboxylic acids is 2. The number of alkyl halides is 1. The second-order valence-corrected chi connectivity index (χ2v) is 7.23. The Morgan fingerprint density at radius 3 is 2.25 bits per heavy atom. The molecule has 1 aliphatic rings. The molecule has 6 nitrogen and oxygen atoms in total. The molecule has 1 saturated heterocycles. The van der Waals surface area contributed by atoms with Gasteiger partial charge in [0.25, 0.3) is 12.4 Å². The molecular weight excluding hydrogens is 425 g/mol. The Morgan fingerprint density at radius 1 is 1.19 bits per heavy atom. The second-order valence-electron chi connectivity index (χ2n) is 7.23. The Labute approximate surface area is 185 Å². The van der Waals surface area contributed by atoms with Crippen LogP contribution in [0.4, 0.5) is 13.2 Å². The van der Waals surface area contributed by atoms with Crippen LogP contribution in [0.1, 0.15) is 23.7 Å². The van der Waals surface area contributed by atoms with Crippen LogP contribution in [0.15, 0.2) is 42.5 Å². The first-order valence-corrected chi connectivity index (χ1v) is 9.88. The van der Waals surface area contributed by atoms with Gasteiger partial charge in [0.15, 0.2) is 0 Å². The molecule has 3 rings (SSSR count). The zero-order chi connectivity index (χ0) is 24.1. The van der Waals surface area contributed by atoms with Crippen LogP contribution in [0.2, 0.25) is 0 Å². The highest BCUT2D eigenvalue weighted by Crippen LogP contribution is 2.24. The van der Waals surface area contributed by atoms with Crippen molar-refractivity contribution in [3.05, 3.63) is 59.7 Å². The zero-order valence-corrected chi connectivity index (χ0v) is 17.9. The molecule has 0 bridgehead atoms. The number of benzene rings is 2. The normalized spacial score (nSPS) is 17.3. The molecule has 0 saturated carbocycles. The minimum absolute atomic E-state index is 0.0623. The van der Waals surface area contributed by atoms with Crippen molar-refractivity contribution in [1.82, 2.24) is 10.2 Å². The van der Waals surface area contributed by atoms with E-state index in [0.29, 0.717) is 29.4 Å². The number of hydrogen-bond acceptors (Lipinski definition) is 4. The minimum atomic E-state index is -0.664. The molecule has 1 heterocycles. The Kier molecular flexibility index (Phi) is 11.7. The molecule has 32 heavy (non-hydrogen) atoms. The monoisotopic (exact) mass is 452 g/mol. The van der Waals surface area contributed by atoms with Crippen LogP contribution in [0.3, 0.4) is 0 Å². The van der Waals surface area contributed by atoms with Crippen molar-refractivity contribution in [3.63, 3.8) is 0 Å². The van der Waals surface area contributed by atoms with E-state index in [2.05, 4.69) is 24.2 Å². The largest absolute Gasteiger partial charge is 0.483 e. The van der Waals surface area contributed by atoms with Gasteiger partial charge in [-0.05, 0) is 50.2 Å². The molecule has 0 aromatic heterocycles. The predicted molar refractivity (Wildman–Crippen MR) is 115 cm³/mol. The molecule has 174 valence electrons. The van der Waals surface area contributed by atoms with Crippen LogP contribution < -0.4 is 5.32 Å². The van der Waals surface area contributed by atoms with Gasteiger partial charge in [-0.3, -0.25) is 14.0 Å². The van der Waals surface area contributed by atoms with Crippen molar-refractivity contribution < 1.29 is 32.7 Å². The maximum atomic E-state index is 13.6. The van der Waals surface area contributed by atoms with Crippen molar-refractivity contribution in [2.24, 2.45) is 5.92 Å². The summed E-state index contributed by atoms with van der Waals surface area (Å²) in [5, 5.41) is 9.28. The fraction of sp³-hybridized carbons (Fsp3) is 0.348. The van der Waals surface area contributed by atoms with Crippen LogP contribution in [-0.4, -0.2) is 61.5 Å². The molecule has 9 heteroatoms. The number of carbonyl (C=O) groups is 3. The second kappa shape index (κ2) is 14.0. The van der Waals surface area contributed by atoms with E-state index in [4.69, 9.17) is 9.90 Å². The number of nitrogens with one attached hydrogen (secondary N) is 1. The lowest BCUT2D eigenvalue weighted by molar-refractivity contribution is -0.122. The fourth-order valence-corrected chi connectivity index (χ4v) is 3.20. The first-order valence-electron chi connectivity index (χ1n) is 9.88. The van der Waals surface area contributed by atoms with Gasteiger partial charge in [-0.15, -0.1) is 0 Å². The van der Waals surface area contributed by atoms with Crippen molar-refractivity contribution in [2.45, 2.75) is 19.4 Å². The van der Waals surface area contributed by atoms with E-state index in [0.717, 1.165) is 19.0 Å². The van der Waals surface area contributed by atoms with Gasteiger partial charge < -0.3 is 20.1 Å². The van der Waals surface area contributed by atoms with E-state index in [1.165, 1.54) is 24.3 Å². The molecule has 2 N–H and O–H groups in total. The number of rotatable bonds is 5. The number of carboxylic acid groups (broad SMARTS) is 1. The molecule has 2 atom stereocenters. The summed E-state index contributed by atoms with van der Waals surface area (Å²) in [5.41, 5.74) is 1.15. The summed E-state index contributed by atoms with van der Waals surface area (Å²) in [4.78, 5) is 32.3. The van der Waals surface area contributed by atoms with Gasteiger partial charge in [0.05, 0.1) is 13.2 Å². The van der Waals surface area contributed by atoms with E-state index >= 15 is 0 Å². The van der Waals surface area contributed by atoms with Crippen LogP contribution in [0.25, 0.3) is 11.1 Å². The summed E-state index contributed by atoms with van der Waals surface area (Å²) < 4.78 is 38.5. The SMILES string of the molecule is CC1CC(CF)CN1C.O=CCNC(=O)c1ccc(-c2ccc(F)cc2F)cc1.O=CO. The number of likely N-dealkylation sites (tertiary alicyclic amines) is 1. The summed E-state index contributed by atoms with van der Waals surface area (Å²) in [6.07, 6.45) is 1.62. The highest BCUT2D eigenvalue weighted by molar-refractivity contribution is 5.95. The summed E-state index contributed by atoms with van der Waals surface area (Å²) in [7, 11) is 2.06. The third-order valence-corrected chi connectivity index (χ3v) is 4.93.